The van der Waals surface area contributed by atoms with E-state index in [1.807, 2.05) is 0 Å². The highest BCUT2D eigenvalue weighted by molar-refractivity contribution is 7.99. The first-order valence-corrected chi connectivity index (χ1v) is 9.68. The van der Waals surface area contributed by atoms with E-state index >= 15 is 0 Å². The number of H-pyrrole nitrogens is 1. The number of benzene rings is 1. The van der Waals surface area contributed by atoms with Gasteiger partial charge in [-0.15, -0.1) is 0 Å². The highest BCUT2D eigenvalue weighted by atomic mass is 35.5. The molecule has 1 fully saturated rings. The lowest BCUT2D eigenvalue weighted by atomic mass is 10.2. The lowest BCUT2D eigenvalue weighted by molar-refractivity contribution is 0.0844. The third-order valence-electron chi connectivity index (χ3n) is 3.58. The summed E-state index contributed by atoms with van der Waals surface area (Å²) in [5.41, 5.74) is 5.54. The second-order valence-corrected chi connectivity index (χ2v) is 8.47. The van der Waals surface area contributed by atoms with Crippen molar-refractivity contribution in [2.45, 2.75) is 11.1 Å². The van der Waals surface area contributed by atoms with Crippen LogP contribution in [0.1, 0.15) is 10.5 Å². The molecule has 2 heterocycles. The van der Waals surface area contributed by atoms with Gasteiger partial charge in [-0.1, -0.05) is 11.6 Å². The molecule has 1 saturated heterocycles. The highest BCUT2D eigenvalue weighted by Crippen LogP contribution is 2.33. The summed E-state index contributed by atoms with van der Waals surface area (Å²) in [4.78, 5) is 14.2. The minimum atomic E-state index is -4.11. The van der Waals surface area contributed by atoms with Crippen molar-refractivity contribution in [2.75, 3.05) is 18.1 Å². The zero-order valence-electron chi connectivity index (χ0n) is 11.8. The van der Waals surface area contributed by atoms with Gasteiger partial charge in [0.05, 0.1) is 0 Å². The Morgan fingerprint density at radius 2 is 2.22 bits per heavy atom. The largest absolute Gasteiger partial charge is 0.376 e. The molecule has 1 aromatic carbocycles. The fourth-order valence-corrected chi connectivity index (χ4v) is 5.64. The van der Waals surface area contributed by atoms with E-state index in [1.54, 1.807) is 12.1 Å². The molecule has 4 N–H and O–H groups in total. The predicted molar refractivity (Wildman–Crippen MR) is 89.1 cm³/mol. The lowest BCUT2D eigenvalue weighted by Gasteiger charge is -2.30. The van der Waals surface area contributed by atoms with Crippen LogP contribution in [0, 0.1) is 0 Å². The van der Waals surface area contributed by atoms with E-state index < -0.39 is 22.2 Å². The standard InChI is InChI=1S/C13H14ClN3O4S2/c14-7-1-2-9-8(5-7)12(11(16-9)13(15)19)23(20,21)17-3-4-22-6-10(17)18/h1-2,5,10,16,18H,3-4,6H2,(H2,15,19). The van der Waals surface area contributed by atoms with E-state index in [0.29, 0.717) is 16.3 Å². The summed E-state index contributed by atoms with van der Waals surface area (Å²) >= 11 is 7.41. The molecule has 2 aromatic rings. The Morgan fingerprint density at radius 1 is 1.48 bits per heavy atom. The molecule has 124 valence electrons. The fraction of sp³-hybridized carbons (Fsp3) is 0.308. The molecular formula is C13H14ClN3O4S2. The molecule has 23 heavy (non-hydrogen) atoms. The number of carbonyl (C=O) groups is 1. The highest BCUT2D eigenvalue weighted by Gasteiger charge is 2.37. The number of halogens is 1. The summed E-state index contributed by atoms with van der Waals surface area (Å²) < 4.78 is 27.0. The Kier molecular flexibility index (Phi) is 4.32. The molecule has 0 aliphatic carbocycles. The maximum absolute atomic E-state index is 13.0. The van der Waals surface area contributed by atoms with Crippen molar-refractivity contribution in [3.05, 3.63) is 28.9 Å². The molecule has 0 spiro atoms. The monoisotopic (exact) mass is 375 g/mol. The van der Waals surface area contributed by atoms with Crippen molar-refractivity contribution in [3.63, 3.8) is 0 Å². The number of aliphatic hydroxyl groups excluding tert-OH is 1. The van der Waals surface area contributed by atoms with Gasteiger partial charge in [0, 0.05) is 34.0 Å². The van der Waals surface area contributed by atoms with Crippen molar-refractivity contribution in [3.8, 4) is 0 Å². The molecule has 0 bridgehead atoms. The van der Waals surface area contributed by atoms with Gasteiger partial charge in [0.15, 0.2) is 0 Å². The number of amides is 1. The maximum atomic E-state index is 13.0. The van der Waals surface area contributed by atoms with Gasteiger partial charge in [0.25, 0.3) is 5.91 Å². The van der Waals surface area contributed by atoms with Crippen LogP contribution >= 0.6 is 23.4 Å². The maximum Gasteiger partial charge on any atom is 0.266 e. The molecular weight excluding hydrogens is 362 g/mol. The van der Waals surface area contributed by atoms with Crippen LogP contribution in [0.15, 0.2) is 23.1 Å². The van der Waals surface area contributed by atoms with Crippen molar-refractivity contribution in [1.29, 1.82) is 0 Å². The fourth-order valence-electron chi connectivity index (χ4n) is 2.55. The summed E-state index contributed by atoms with van der Waals surface area (Å²) in [7, 11) is -4.11. The molecule has 1 aliphatic heterocycles. The van der Waals surface area contributed by atoms with Crippen LogP contribution in [-0.4, -0.2) is 53.0 Å². The number of hydrogen-bond acceptors (Lipinski definition) is 5. The van der Waals surface area contributed by atoms with Crippen LogP contribution in [0.5, 0.6) is 0 Å². The number of primary amides is 1. The van der Waals surface area contributed by atoms with Gasteiger partial charge < -0.3 is 15.8 Å². The van der Waals surface area contributed by atoms with Gasteiger partial charge in [-0.2, -0.15) is 16.1 Å². The molecule has 7 nitrogen and oxygen atoms in total. The Hall–Kier alpha value is -1.26. The molecule has 10 heteroatoms. The molecule has 1 unspecified atom stereocenters. The minimum Gasteiger partial charge on any atom is -0.376 e. The Labute approximate surface area is 141 Å². The van der Waals surface area contributed by atoms with E-state index in [2.05, 4.69) is 4.98 Å². The predicted octanol–water partition coefficient (Wildman–Crippen LogP) is 0.976. The number of nitrogens with one attached hydrogen (secondary N) is 1. The quantitative estimate of drug-likeness (QED) is 0.739. The van der Waals surface area contributed by atoms with E-state index in [4.69, 9.17) is 17.3 Å². The van der Waals surface area contributed by atoms with Crippen molar-refractivity contribution in [1.82, 2.24) is 9.29 Å². The Bertz CT molecular complexity index is 881. The van der Waals surface area contributed by atoms with Crippen LogP contribution in [0.3, 0.4) is 0 Å². The summed E-state index contributed by atoms with van der Waals surface area (Å²) in [6.45, 7) is 0.152. The van der Waals surface area contributed by atoms with Crippen LogP contribution in [0.4, 0.5) is 0 Å². The van der Waals surface area contributed by atoms with Gasteiger partial charge in [0.2, 0.25) is 10.0 Å². The first kappa shape index (κ1) is 16.6. The zero-order chi connectivity index (χ0) is 16.8. The first-order valence-electron chi connectivity index (χ1n) is 6.71. The summed E-state index contributed by atoms with van der Waals surface area (Å²) in [5.74, 6) is -0.0590. The second kappa shape index (κ2) is 5.99. The normalized spacial score (nSPS) is 20.0. The number of hydrogen-bond donors (Lipinski definition) is 3. The van der Waals surface area contributed by atoms with E-state index in [1.165, 1.54) is 17.8 Å². The van der Waals surface area contributed by atoms with E-state index in [9.17, 15) is 18.3 Å². The number of fused-ring (bicyclic) bond motifs is 1. The third kappa shape index (κ3) is 2.83. The summed E-state index contributed by atoms with van der Waals surface area (Å²) in [6, 6.07) is 4.61. The zero-order valence-corrected chi connectivity index (χ0v) is 14.2. The van der Waals surface area contributed by atoms with Crippen LogP contribution < -0.4 is 5.73 Å². The van der Waals surface area contributed by atoms with Crippen LogP contribution in [0.25, 0.3) is 10.9 Å². The Morgan fingerprint density at radius 3 is 2.87 bits per heavy atom. The summed E-state index contributed by atoms with van der Waals surface area (Å²) in [6.07, 6.45) is -1.15. The number of rotatable bonds is 3. The smallest absolute Gasteiger partial charge is 0.266 e. The van der Waals surface area contributed by atoms with Gasteiger partial charge in [-0.3, -0.25) is 4.79 Å². The number of aromatic nitrogens is 1. The van der Waals surface area contributed by atoms with Gasteiger partial charge >= 0.3 is 0 Å². The molecule has 0 radical (unpaired) electrons. The number of aromatic amines is 1. The number of nitrogens with zero attached hydrogens (tertiary/aromatic N) is 1. The van der Waals surface area contributed by atoms with E-state index in [-0.39, 0.29) is 28.3 Å². The van der Waals surface area contributed by atoms with Crippen LogP contribution in [-0.2, 0) is 10.0 Å². The van der Waals surface area contributed by atoms with E-state index in [0.717, 1.165) is 4.31 Å². The number of aliphatic hydroxyl groups is 1. The molecule has 1 aliphatic rings. The molecule has 1 amide bonds. The lowest BCUT2D eigenvalue weighted by Crippen LogP contribution is -2.46. The van der Waals surface area contributed by atoms with Crippen molar-refractivity contribution < 1.29 is 18.3 Å². The SMILES string of the molecule is NC(=O)c1[nH]c2ccc(Cl)cc2c1S(=O)(=O)N1CCSCC1O. The van der Waals surface area contributed by atoms with Crippen LogP contribution in [0.2, 0.25) is 5.02 Å². The number of carbonyl (C=O) groups excluding carboxylic acids is 1. The summed E-state index contributed by atoms with van der Waals surface area (Å²) in [5, 5.41) is 10.6. The molecule has 1 aromatic heterocycles. The topological polar surface area (TPSA) is 116 Å². The third-order valence-corrected chi connectivity index (χ3v) is 6.80. The molecule has 3 rings (SSSR count). The van der Waals surface area contributed by atoms with Gasteiger partial charge in [-0.25, -0.2) is 8.42 Å². The number of sulfonamides is 1. The van der Waals surface area contributed by atoms with Gasteiger partial charge in [-0.05, 0) is 18.2 Å². The number of nitrogens with two attached hydrogens (primary N) is 1. The molecule has 1 atom stereocenters. The number of thioether (sulfide) groups is 1. The van der Waals surface area contributed by atoms with Crippen molar-refractivity contribution in [2.24, 2.45) is 5.73 Å². The molecule has 0 saturated carbocycles. The average Bonchev–Trinajstić information content (AvgIpc) is 2.87. The van der Waals surface area contributed by atoms with Crippen molar-refractivity contribution >= 4 is 50.2 Å². The van der Waals surface area contributed by atoms with Gasteiger partial charge in [0.1, 0.15) is 16.8 Å². The first-order chi connectivity index (χ1) is 10.8. The average molecular weight is 376 g/mol. The second-order valence-electron chi connectivity index (χ2n) is 5.05. The minimum absolute atomic E-state index is 0.152. The Balaban J connectivity index is 2.26.